The highest BCUT2D eigenvalue weighted by Gasteiger charge is 2.24. The summed E-state index contributed by atoms with van der Waals surface area (Å²) in [5, 5.41) is 27.7. The second-order valence-electron chi connectivity index (χ2n) is 13.7. The maximum atomic E-state index is 13.1. The normalized spacial score (nSPS) is 12.4. The fraction of sp³-hybridized carbons (Fsp3) is 0.308. The smallest absolute Gasteiger partial charge is 0.345 e. The van der Waals surface area contributed by atoms with E-state index in [-0.39, 0.29) is 37.0 Å². The van der Waals surface area contributed by atoms with Crippen LogP contribution in [-0.2, 0) is 29.6 Å². The lowest BCUT2D eigenvalue weighted by Gasteiger charge is -2.31. The van der Waals surface area contributed by atoms with E-state index in [1.165, 1.54) is 18.2 Å². The number of azo groups is 2. The molecule has 0 radical (unpaired) electrons. The highest BCUT2D eigenvalue weighted by atomic mass is 35.5. The molecule has 0 amide bonds. The van der Waals surface area contributed by atoms with Gasteiger partial charge in [0, 0.05) is 43.8 Å². The summed E-state index contributed by atoms with van der Waals surface area (Å²) in [6.45, 7) is 10.7. The minimum atomic E-state index is -4.01. The Morgan fingerprint density at radius 1 is 0.793 bits per heavy atom. The highest BCUT2D eigenvalue weighted by Crippen LogP contribution is 2.33. The largest absolute Gasteiger partial charge is 0.372 e. The predicted octanol–water partition coefficient (Wildman–Crippen LogP) is 10.4. The average Bonchev–Trinajstić information content (AvgIpc) is 3.69. The highest BCUT2D eigenvalue weighted by molar-refractivity contribution is 7.90. The molecule has 5 rings (SSSR count). The van der Waals surface area contributed by atoms with Gasteiger partial charge in [0.05, 0.1) is 37.7 Å². The van der Waals surface area contributed by atoms with Crippen LogP contribution in [0.5, 0.6) is 0 Å². The van der Waals surface area contributed by atoms with Crippen LogP contribution in [0.25, 0.3) is 0 Å². The summed E-state index contributed by atoms with van der Waals surface area (Å²) in [5.74, 6) is 0. The van der Waals surface area contributed by atoms with E-state index in [0.29, 0.717) is 30.2 Å². The third kappa shape index (κ3) is 11.7. The van der Waals surface area contributed by atoms with Gasteiger partial charge in [-0.15, -0.1) is 15.3 Å². The second kappa shape index (κ2) is 19.1. The molecule has 0 spiro atoms. The molecule has 0 saturated carbocycles. The molecule has 0 unspecified atom stereocenters. The minimum absolute atomic E-state index is 0.0554. The van der Waals surface area contributed by atoms with Crippen LogP contribution in [-0.4, -0.2) is 65.8 Å². The van der Waals surface area contributed by atoms with E-state index in [2.05, 4.69) is 51.1 Å². The topological polar surface area (TPSA) is 189 Å². The van der Waals surface area contributed by atoms with Crippen LogP contribution < -0.4 is 9.80 Å². The Kier molecular flexibility index (Phi) is 14.5. The summed E-state index contributed by atoms with van der Waals surface area (Å²) in [6, 6.07) is 25.9. The number of hydrogen-bond acceptors (Lipinski definition) is 15. The average molecular weight is 867 g/mol. The number of aromatic nitrogens is 1. The number of anilines is 2. The van der Waals surface area contributed by atoms with E-state index in [1.807, 2.05) is 60.4 Å². The Bertz CT molecular complexity index is 2480. The van der Waals surface area contributed by atoms with Crippen LogP contribution in [0.15, 0.2) is 127 Å². The van der Waals surface area contributed by atoms with Gasteiger partial charge in [0.25, 0.3) is 10.1 Å². The van der Waals surface area contributed by atoms with Crippen molar-refractivity contribution in [2.75, 3.05) is 48.8 Å². The summed E-state index contributed by atoms with van der Waals surface area (Å²) in [4.78, 5) is 18.7. The van der Waals surface area contributed by atoms with Crippen molar-refractivity contribution in [3.8, 4) is 0 Å². The fourth-order valence-electron chi connectivity index (χ4n) is 5.76. The van der Waals surface area contributed by atoms with Crippen LogP contribution in [0.3, 0.4) is 0 Å². The Balaban J connectivity index is 1.12. The number of sulfone groups is 1. The summed E-state index contributed by atoms with van der Waals surface area (Å²) in [6.07, 6.45) is 3.05. The van der Waals surface area contributed by atoms with E-state index < -0.39 is 24.9 Å². The molecule has 0 aliphatic rings. The number of nitrogens with zero attached hydrogens (tertiary/aromatic N) is 8. The third-order valence-corrected chi connectivity index (χ3v) is 12.8. The molecule has 1 aromatic heterocycles. The quantitative estimate of drug-likeness (QED) is 0.0334. The monoisotopic (exact) mass is 866 g/mol. The number of hydrogen-bond donors (Lipinski definition) is 0. The van der Waals surface area contributed by atoms with Gasteiger partial charge >= 0.3 is 5.00 Å². The summed E-state index contributed by atoms with van der Waals surface area (Å²) in [7, 11) is -7.40. The molecule has 306 valence electrons. The maximum absolute atomic E-state index is 13.1. The second-order valence-corrected chi connectivity index (χ2v) is 18.7. The molecule has 4 aromatic carbocycles. The van der Waals surface area contributed by atoms with Gasteiger partial charge in [0.1, 0.15) is 11.9 Å². The molecule has 58 heavy (non-hydrogen) atoms. The molecule has 0 bridgehead atoms. The number of benzene rings is 4. The van der Waals surface area contributed by atoms with E-state index in [4.69, 9.17) is 15.8 Å². The van der Waals surface area contributed by atoms with Crippen LogP contribution in [0.1, 0.15) is 39.7 Å². The molecule has 0 aliphatic carbocycles. The Morgan fingerprint density at radius 3 is 1.86 bits per heavy atom. The first-order valence-electron chi connectivity index (χ1n) is 18.1. The molecule has 0 N–H and O–H groups in total. The summed E-state index contributed by atoms with van der Waals surface area (Å²) < 4.78 is 55.3. The molecule has 0 atom stereocenters. The molecular formula is C39H43ClN8O7S3. The maximum Gasteiger partial charge on any atom is 0.345 e. The molecule has 1 heterocycles. The van der Waals surface area contributed by atoms with Gasteiger partial charge in [0.15, 0.2) is 9.84 Å². The first kappa shape index (κ1) is 44.0. The molecule has 0 fully saturated rings. The SMILES string of the molecule is CCN(CCOS(=O)(=O)c1ccc(C(C)(C)CCN(CC)c2ccc(N=Nc3ncc([N+](=O)[O-])s3)cc2)cc1)c1ccc(N=Nc2ccc(S(C)(=O)=O)cc2Cl)cc1. The zero-order valence-electron chi connectivity index (χ0n) is 32.5. The van der Waals surface area contributed by atoms with Crippen molar-refractivity contribution >= 4 is 81.5 Å². The van der Waals surface area contributed by atoms with Crippen molar-refractivity contribution in [3.05, 3.63) is 118 Å². The van der Waals surface area contributed by atoms with Crippen molar-refractivity contribution in [1.29, 1.82) is 0 Å². The van der Waals surface area contributed by atoms with Crippen molar-refractivity contribution in [1.82, 2.24) is 4.98 Å². The number of likely N-dealkylation sites (N-methyl/N-ethyl adjacent to an activating group) is 1. The van der Waals surface area contributed by atoms with Crippen molar-refractivity contribution in [2.24, 2.45) is 20.5 Å². The Morgan fingerprint density at radius 2 is 1.34 bits per heavy atom. The van der Waals surface area contributed by atoms with Gasteiger partial charge in [-0.05, 0) is 121 Å². The summed E-state index contributed by atoms with van der Waals surface area (Å²) >= 11 is 7.06. The molecule has 15 nitrogen and oxygen atoms in total. The Hall–Kier alpha value is -5.14. The number of thiazole rings is 1. The van der Waals surface area contributed by atoms with Gasteiger partial charge in [-0.25, -0.2) is 13.4 Å². The van der Waals surface area contributed by atoms with Crippen molar-refractivity contribution in [2.45, 2.75) is 49.3 Å². The molecule has 19 heteroatoms. The number of nitro groups is 1. The minimum Gasteiger partial charge on any atom is -0.372 e. The van der Waals surface area contributed by atoms with E-state index >= 15 is 0 Å². The van der Waals surface area contributed by atoms with E-state index in [9.17, 15) is 26.9 Å². The fourth-order valence-corrected chi connectivity index (χ4v) is 8.14. The molecule has 0 aliphatic heterocycles. The number of rotatable bonds is 19. The standard InChI is InChI=1S/C39H43ClN8O7S3/c1-6-46(31-14-12-30(13-15-31)43-45-38-41-27-37(56-38)48(49)50)23-22-39(3,4)28-8-18-33(19-9-28)58(53,54)55-25-24-47(7-2)32-16-10-29(11-17-32)42-44-36-21-20-34(26-35(36)40)57(5,51)52/h8-21,26-27H,6-7,22-25H2,1-5H3. The van der Waals surface area contributed by atoms with E-state index in [1.54, 1.807) is 24.3 Å². The predicted molar refractivity (Wildman–Crippen MR) is 228 cm³/mol. The first-order chi connectivity index (χ1) is 27.5. The number of halogens is 1. The van der Waals surface area contributed by atoms with E-state index in [0.717, 1.165) is 60.2 Å². The van der Waals surface area contributed by atoms with Gasteiger partial charge in [-0.1, -0.05) is 37.6 Å². The Labute approximate surface area is 347 Å². The first-order valence-corrected chi connectivity index (χ1v) is 22.6. The van der Waals surface area contributed by atoms with Crippen LogP contribution in [0.2, 0.25) is 5.02 Å². The third-order valence-electron chi connectivity index (χ3n) is 9.26. The summed E-state index contributed by atoms with van der Waals surface area (Å²) in [5.41, 5.74) is 4.05. The van der Waals surface area contributed by atoms with Gasteiger partial charge < -0.3 is 9.80 Å². The zero-order chi connectivity index (χ0) is 42.1. The van der Waals surface area contributed by atoms with Gasteiger partial charge in [-0.3, -0.25) is 14.3 Å². The van der Waals surface area contributed by atoms with Crippen molar-refractivity contribution < 1.29 is 25.9 Å². The van der Waals surface area contributed by atoms with Crippen molar-refractivity contribution in [3.63, 3.8) is 0 Å². The van der Waals surface area contributed by atoms with Gasteiger partial charge in [0.2, 0.25) is 5.13 Å². The van der Waals surface area contributed by atoms with Gasteiger partial charge in [-0.2, -0.15) is 13.5 Å². The zero-order valence-corrected chi connectivity index (χ0v) is 35.7. The van der Waals surface area contributed by atoms with Crippen LogP contribution in [0.4, 0.5) is 38.6 Å². The molecule has 0 saturated heterocycles. The molecule has 5 aromatic rings. The lowest BCUT2D eigenvalue weighted by molar-refractivity contribution is -0.380. The molecular weight excluding hydrogens is 824 g/mol. The lowest BCUT2D eigenvalue weighted by atomic mass is 9.81. The van der Waals surface area contributed by atoms with Crippen LogP contribution in [0, 0.1) is 10.1 Å². The van der Waals surface area contributed by atoms with Crippen LogP contribution >= 0.6 is 22.9 Å². The lowest BCUT2D eigenvalue weighted by Crippen LogP contribution is -2.30.